The summed E-state index contributed by atoms with van der Waals surface area (Å²) in [5.41, 5.74) is 0.884. The van der Waals surface area contributed by atoms with Crippen LogP contribution in [0.2, 0.25) is 0 Å². The standard InChI is InChI=1S/C13H8N4O4/c18-13(19)8-5-6-11(17(20)21)12(7-8)16-10-4-2-1-3-9(10)14-15-16/h1-7H,(H,18,19). The molecule has 0 aliphatic carbocycles. The summed E-state index contributed by atoms with van der Waals surface area (Å²) < 4.78 is 1.26. The number of nitro groups is 1. The van der Waals surface area contributed by atoms with Crippen LogP contribution in [0.4, 0.5) is 5.69 Å². The third-order valence-corrected chi connectivity index (χ3v) is 3.00. The quantitative estimate of drug-likeness (QED) is 0.581. The van der Waals surface area contributed by atoms with Gasteiger partial charge in [0.05, 0.1) is 16.0 Å². The number of aromatic carboxylic acids is 1. The molecule has 104 valence electrons. The second kappa shape index (κ2) is 4.67. The normalized spacial score (nSPS) is 10.7. The first-order valence-electron chi connectivity index (χ1n) is 5.90. The van der Waals surface area contributed by atoms with Crippen LogP contribution in [0.15, 0.2) is 42.5 Å². The van der Waals surface area contributed by atoms with Crippen molar-refractivity contribution in [3.8, 4) is 5.69 Å². The summed E-state index contributed by atoms with van der Waals surface area (Å²) in [4.78, 5) is 21.6. The molecule has 0 unspecified atom stereocenters. The van der Waals surface area contributed by atoms with Crippen molar-refractivity contribution in [1.82, 2.24) is 15.0 Å². The van der Waals surface area contributed by atoms with E-state index in [-0.39, 0.29) is 16.9 Å². The molecule has 0 aliphatic rings. The second-order valence-corrected chi connectivity index (χ2v) is 4.26. The molecule has 2 aromatic carbocycles. The highest BCUT2D eigenvalue weighted by molar-refractivity contribution is 5.89. The molecule has 1 N–H and O–H groups in total. The van der Waals surface area contributed by atoms with Crippen LogP contribution in [0.1, 0.15) is 10.4 Å². The zero-order chi connectivity index (χ0) is 15.0. The number of nitrogens with zero attached hydrogens (tertiary/aromatic N) is 4. The summed E-state index contributed by atoms with van der Waals surface area (Å²) >= 11 is 0. The number of benzene rings is 2. The van der Waals surface area contributed by atoms with E-state index < -0.39 is 10.9 Å². The molecule has 0 bridgehead atoms. The number of fused-ring (bicyclic) bond motifs is 1. The smallest absolute Gasteiger partial charge is 0.335 e. The maximum Gasteiger partial charge on any atom is 0.335 e. The van der Waals surface area contributed by atoms with Gasteiger partial charge in [-0.3, -0.25) is 10.1 Å². The maximum atomic E-state index is 11.1. The van der Waals surface area contributed by atoms with E-state index in [0.717, 1.165) is 6.07 Å². The molecular formula is C13H8N4O4. The van der Waals surface area contributed by atoms with Gasteiger partial charge in [0.2, 0.25) is 0 Å². The van der Waals surface area contributed by atoms with Gasteiger partial charge < -0.3 is 5.11 Å². The highest BCUT2D eigenvalue weighted by Crippen LogP contribution is 2.26. The third-order valence-electron chi connectivity index (χ3n) is 3.00. The lowest BCUT2D eigenvalue weighted by atomic mass is 10.1. The number of carboxylic acids is 1. The van der Waals surface area contributed by atoms with Crippen molar-refractivity contribution in [2.45, 2.75) is 0 Å². The molecule has 0 saturated heterocycles. The van der Waals surface area contributed by atoms with Crippen molar-refractivity contribution >= 4 is 22.7 Å². The Kier molecular flexibility index (Phi) is 2.83. The molecule has 8 nitrogen and oxygen atoms in total. The van der Waals surface area contributed by atoms with E-state index in [1.807, 2.05) is 0 Å². The molecule has 0 aliphatic heterocycles. The molecule has 8 heteroatoms. The number of hydrogen-bond acceptors (Lipinski definition) is 5. The van der Waals surface area contributed by atoms with Gasteiger partial charge in [-0.2, -0.15) is 0 Å². The Balaban J connectivity index is 2.31. The SMILES string of the molecule is O=C(O)c1ccc([N+](=O)[O-])c(-n2nnc3ccccc32)c1. The Bertz CT molecular complexity index is 871. The van der Waals surface area contributed by atoms with Crippen LogP contribution in [0.25, 0.3) is 16.7 Å². The highest BCUT2D eigenvalue weighted by Gasteiger charge is 2.20. The number of carbonyl (C=O) groups is 1. The Hall–Kier alpha value is -3.29. The number of para-hydroxylation sites is 1. The minimum absolute atomic E-state index is 0.0600. The van der Waals surface area contributed by atoms with Gasteiger partial charge in [0.15, 0.2) is 0 Å². The number of carboxylic acid groups (broad SMARTS) is 1. The summed E-state index contributed by atoms with van der Waals surface area (Å²) in [5, 5.41) is 28.0. The highest BCUT2D eigenvalue weighted by atomic mass is 16.6. The summed E-state index contributed by atoms with van der Waals surface area (Å²) in [6, 6.07) is 10.5. The predicted molar refractivity (Wildman–Crippen MR) is 72.5 cm³/mol. The summed E-state index contributed by atoms with van der Waals surface area (Å²) in [6.07, 6.45) is 0. The first-order valence-corrected chi connectivity index (χ1v) is 5.90. The first kappa shape index (κ1) is 12.7. The number of hydrogen-bond donors (Lipinski definition) is 1. The molecule has 1 heterocycles. The van der Waals surface area contributed by atoms with E-state index in [9.17, 15) is 14.9 Å². The Morgan fingerprint density at radius 3 is 2.71 bits per heavy atom. The molecule has 3 aromatic rings. The lowest BCUT2D eigenvalue weighted by Gasteiger charge is -2.05. The molecule has 0 fully saturated rings. The van der Waals surface area contributed by atoms with Crippen LogP contribution >= 0.6 is 0 Å². The zero-order valence-corrected chi connectivity index (χ0v) is 10.5. The van der Waals surface area contributed by atoms with Crippen LogP contribution in [0.5, 0.6) is 0 Å². The van der Waals surface area contributed by atoms with Crippen molar-refractivity contribution in [3.05, 3.63) is 58.1 Å². The van der Waals surface area contributed by atoms with Gasteiger partial charge in [0.25, 0.3) is 5.69 Å². The zero-order valence-electron chi connectivity index (χ0n) is 10.5. The van der Waals surface area contributed by atoms with Crippen LogP contribution in [0.3, 0.4) is 0 Å². The Labute approximate surface area is 117 Å². The van der Waals surface area contributed by atoms with Crippen molar-refractivity contribution in [2.75, 3.05) is 0 Å². The Morgan fingerprint density at radius 2 is 2.00 bits per heavy atom. The molecule has 0 radical (unpaired) electrons. The number of nitro benzene ring substituents is 1. The fraction of sp³-hybridized carbons (Fsp3) is 0. The molecular weight excluding hydrogens is 276 g/mol. The van der Waals surface area contributed by atoms with Gasteiger partial charge in [-0.05, 0) is 24.3 Å². The largest absolute Gasteiger partial charge is 0.478 e. The monoisotopic (exact) mass is 284 g/mol. The fourth-order valence-electron chi connectivity index (χ4n) is 2.03. The maximum absolute atomic E-state index is 11.1. The Morgan fingerprint density at radius 1 is 1.24 bits per heavy atom. The van der Waals surface area contributed by atoms with Crippen molar-refractivity contribution in [2.24, 2.45) is 0 Å². The van der Waals surface area contributed by atoms with E-state index in [2.05, 4.69) is 10.3 Å². The topological polar surface area (TPSA) is 111 Å². The van der Waals surface area contributed by atoms with Crippen LogP contribution < -0.4 is 0 Å². The second-order valence-electron chi connectivity index (χ2n) is 4.26. The number of aromatic nitrogens is 3. The van der Waals surface area contributed by atoms with Crippen molar-refractivity contribution in [1.29, 1.82) is 0 Å². The van der Waals surface area contributed by atoms with E-state index in [1.54, 1.807) is 24.3 Å². The average molecular weight is 284 g/mol. The summed E-state index contributed by atoms with van der Waals surface area (Å²) in [5.74, 6) is -1.17. The first-order chi connectivity index (χ1) is 10.1. The van der Waals surface area contributed by atoms with Gasteiger partial charge in [-0.15, -0.1) is 5.10 Å². The summed E-state index contributed by atoms with van der Waals surface area (Å²) in [6.45, 7) is 0. The van der Waals surface area contributed by atoms with Gasteiger partial charge in [0, 0.05) is 6.07 Å². The minimum Gasteiger partial charge on any atom is -0.478 e. The molecule has 1 aromatic heterocycles. The predicted octanol–water partition coefficient (Wildman–Crippen LogP) is 2.03. The van der Waals surface area contributed by atoms with Crippen molar-refractivity contribution in [3.63, 3.8) is 0 Å². The molecule has 3 rings (SSSR count). The van der Waals surface area contributed by atoms with E-state index in [0.29, 0.717) is 11.0 Å². The van der Waals surface area contributed by atoms with E-state index >= 15 is 0 Å². The van der Waals surface area contributed by atoms with Crippen molar-refractivity contribution < 1.29 is 14.8 Å². The van der Waals surface area contributed by atoms with Gasteiger partial charge >= 0.3 is 5.97 Å². The average Bonchev–Trinajstić information content (AvgIpc) is 2.90. The lowest BCUT2D eigenvalue weighted by molar-refractivity contribution is -0.384. The molecule has 0 spiro atoms. The fourth-order valence-corrected chi connectivity index (χ4v) is 2.03. The third kappa shape index (κ3) is 2.08. The minimum atomic E-state index is -1.17. The van der Waals surface area contributed by atoms with Crippen LogP contribution in [-0.2, 0) is 0 Å². The molecule has 21 heavy (non-hydrogen) atoms. The lowest BCUT2D eigenvalue weighted by Crippen LogP contribution is -2.05. The van der Waals surface area contributed by atoms with Crippen LogP contribution in [-0.4, -0.2) is 31.0 Å². The summed E-state index contributed by atoms with van der Waals surface area (Å²) in [7, 11) is 0. The number of rotatable bonds is 3. The van der Waals surface area contributed by atoms with Gasteiger partial charge in [0.1, 0.15) is 11.2 Å². The van der Waals surface area contributed by atoms with Gasteiger partial charge in [-0.1, -0.05) is 17.3 Å². The van der Waals surface area contributed by atoms with E-state index in [4.69, 9.17) is 5.11 Å². The van der Waals surface area contributed by atoms with Gasteiger partial charge in [-0.25, -0.2) is 9.48 Å². The molecule has 0 saturated carbocycles. The molecule has 0 atom stereocenters. The molecule has 0 amide bonds. The van der Waals surface area contributed by atoms with Crippen LogP contribution in [0, 0.1) is 10.1 Å². The van der Waals surface area contributed by atoms with E-state index in [1.165, 1.54) is 16.8 Å².